The van der Waals surface area contributed by atoms with Gasteiger partial charge in [0.25, 0.3) is 5.91 Å². The van der Waals surface area contributed by atoms with E-state index in [1.165, 1.54) is 5.56 Å². The number of nitrogens with one attached hydrogen (secondary N) is 1. The van der Waals surface area contributed by atoms with E-state index in [0.29, 0.717) is 6.54 Å². The van der Waals surface area contributed by atoms with Crippen molar-refractivity contribution in [2.45, 2.75) is 40.5 Å². The smallest absolute Gasteiger partial charge is 0.261 e. The zero-order chi connectivity index (χ0) is 15.1. The molecule has 0 bridgehead atoms. The highest BCUT2D eigenvalue weighted by atomic mass is 16.1. The van der Waals surface area contributed by atoms with Gasteiger partial charge in [-0.2, -0.15) is 5.26 Å². The number of amides is 1. The molecule has 0 aliphatic rings. The maximum Gasteiger partial charge on any atom is 0.261 e. The van der Waals surface area contributed by atoms with Gasteiger partial charge in [-0.25, -0.2) is 0 Å². The molecule has 0 aliphatic carbocycles. The zero-order valence-electron chi connectivity index (χ0n) is 12.7. The molecular weight excluding hydrogens is 248 g/mol. The predicted octanol–water partition coefficient (Wildman–Crippen LogP) is 3.44. The standard InChI is InChI=1S/C17H22N2O/c1-5-6-7-19-17(20)16(11-18)10-15-9-13(3)12(2)8-14(15)4/h8-10H,5-7H2,1-4H3,(H,19,20)/b16-10-. The van der Waals surface area contributed by atoms with Crippen LogP contribution in [0.2, 0.25) is 0 Å². The summed E-state index contributed by atoms with van der Waals surface area (Å²) in [4.78, 5) is 11.9. The van der Waals surface area contributed by atoms with Crippen molar-refractivity contribution in [1.82, 2.24) is 5.32 Å². The largest absolute Gasteiger partial charge is 0.351 e. The third-order valence-corrected chi connectivity index (χ3v) is 3.36. The van der Waals surface area contributed by atoms with Crippen LogP contribution in [0, 0.1) is 32.1 Å². The fraction of sp³-hybridized carbons (Fsp3) is 0.412. The van der Waals surface area contributed by atoms with E-state index in [9.17, 15) is 4.79 Å². The first kappa shape index (κ1) is 16.0. The van der Waals surface area contributed by atoms with Crippen molar-refractivity contribution in [3.8, 4) is 6.07 Å². The van der Waals surface area contributed by atoms with Gasteiger partial charge in [-0.3, -0.25) is 4.79 Å². The Morgan fingerprint density at radius 1 is 1.25 bits per heavy atom. The molecule has 1 amide bonds. The third-order valence-electron chi connectivity index (χ3n) is 3.36. The number of hydrogen-bond donors (Lipinski definition) is 1. The molecular formula is C17H22N2O. The van der Waals surface area contributed by atoms with Crippen molar-refractivity contribution in [3.05, 3.63) is 40.0 Å². The van der Waals surface area contributed by atoms with Crippen LogP contribution in [-0.2, 0) is 4.79 Å². The second kappa shape index (κ2) is 7.49. The molecule has 106 valence electrons. The van der Waals surface area contributed by atoms with Crippen LogP contribution in [0.25, 0.3) is 6.08 Å². The van der Waals surface area contributed by atoms with Crippen molar-refractivity contribution in [2.24, 2.45) is 0 Å². The third kappa shape index (κ3) is 4.24. The second-order valence-electron chi connectivity index (χ2n) is 5.07. The first-order valence-electron chi connectivity index (χ1n) is 6.97. The quantitative estimate of drug-likeness (QED) is 0.506. The van der Waals surface area contributed by atoms with Crippen molar-refractivity contribution in [2.75, 3.05) is 6.54 Å². The normalized spacial score (nSPS) is 11.1. The lowest BCUT2D eigenvalue weighted by molar-refractivity contribution is -0.117. The van der Waals surface area contributed by atoms with Crippen molar-refractivity contribution in [1.29, 1.82) is 5.26 Å². The van der Waals surface area contributed by atoms with Crippen LogP contribution in [0.5, 0.6) is 0 Å². The number of carbonyl (C=O) groups is 1. The fourth-order valence-electron chi connectivity index (χ4n) is 1.92. The van der Waals surface area contributed by atoms with E-state index in [4.69, 9.17) is 5.26 Å². The van der Waals surface area contributed by atoms with Crippen LogP contribution in [0.3, 0.4) is 0 Å². The molecule has 1 aromatic carbocycles. The van der Waals surface area contributed by atoms with Gasteiger partial charge in [0.05, 0.1) is 0 Å². The molecule has 0 spiro atoms. The molecule has 0 saturated heterocycles. The summed E-state index contributed by atoms with van der Waals surface area (Å²) in [5, 5.41) is 11.9. The van der Waals surface area contributed by atoms with Crippen molar-refractivity contribution >= 4 is 12.0 Å². The number of hydrogen-bond acceptors (Lipinski definition) is 2. The maximum absolute atomic E-state index is 11.9. The number of nitrogens with zero attached hydrogens (tertiary/aromatic N) is 1. The number of nitriles is 1. The van der Waals surface area contributed by atoms with Crippen LogP contribution in [0.4, 0.5) is 0 Å². The highest BCUT2D eigenvalue weighted by Gasteiger charge is 2.09. The lowest BCUT2D eigenvalue weighted by atomic mass is 9.99. The van der Waals surface area contributed by atoms with Crippen LogP contribution >= 0.6 is 0 Å². The Hall–Kier alpha value is -2.08. The van der Waals surface area contributed by atoms with E-state index >= 15 is 0 Å². The van der Waals surface area contributed by atoms with E-state index in [1.54, 1.807) is 6.08 Å². The van der Waals surface area contributed by atoms with E-state index in [0.717, 1.165) is 29.5 Å². The lowest BCUT2D eigenvalue weighted by Crippen LogP contribution is -2.25. The van der Waals surface area contributed by atoms with E-state index in [2.05, 4.69) is 25.2 Å². The van der Waals surface area contributed by atoms with Crippen molar-refractivity contribution in [3.63, 3.8) is 0 Å². The molecule has 0 aromatic heterocycles. The monoisotopic (exact) mass is 270 g/mol. The number of aryl methyl sites for hydroxylation is 3. The summed E-state index contributed by atoms with van der Waals surface area (Å²) in [5.74, 6) is -0.293. The first-order chi connectivity index (χ1) is 9.49. The molecule has 0 radical (unpaired) electrons. The van der Waals surface area contributed by atoms with Gasteiger partial charge in [0.2, 0.25) is 0 Å². The SMILES string of the molecule is CCCCNC(=O)/C(C#N)=C\c1cc(C)c(C)cc1C. The molecule has 0 saturated carbocycles. The van der Waals surface area contributed by atoms with Gasteiger partial charge in [-0.1, -0.05) is 25.5 Å². The minimum Gasteiger partial charge on any atom is -0.351 e. The van der Waals surface area contributed by atoms with E-state index in [-0.39, 0.29) is 11.5 Å². The number of rotatable bonds is 5. The Kier molecular flexibility index (Phi) is 5.99. The maximum atomic E-state index is 11.9. The Morgan fingerprint density at radius 3 is 2.50 bits per heavy atom. The molecule has 0 aliphatic heterocycles. The van der Waals surface area contributed by atoms with Crippen LogP contribution in [0.15, 0.2) is 17.7 Å². The Balaban J connectivity index is 2.98. The summed E-state index contributed by atoms with van der Waals surface area (Å²) in [6.45, 7) is 8.74. The average molecular weight is 270 g/mol. The summed E-state index contributed by atoms with van der Waals surface area (Å²) < 4.78 is 0. The van der Waals surface area contributed by atoms with Gasteiger partial charge in [-0.15, -0.1) is 0 Å². The average Bonchev–Trinajstić information content (AvgIpc) is 2.41. The van der Waals surface area contributed by atoms with Gasteiger partial charge in [0, 0.05) is 6.54 Å². The number of carbonyl (C=O) groups excluding carboxylic acids is 1. The summed E-state index contributed by atoms with van der Waals surface area (Å²) >= 11 is 0. The van der Waals surface area contributed by atoms with Gasteiger partial charge in [0.1, 0.15) is 11.6 Å². The van der Waals surface area contributed by atoms with Gasteiger partial charge in [-0.05, 0) is 55.5 Å². The lowest BCUT2D eigenvalue weighted by Gasteiger charge is -2.07. The van der Waals surface area contributed by atoms with Crippen molar-refractivity contribution < 1.29 is 4.79 Å². The highest BCUT2D eigenvalue weighted by molar-refractivity contribution is 6.01. The molecule has 0 atom stereocenters. The Morgan fingerprint density at radius 2 is 1.90 bits per heavy atom. The van der Waals surface area contributed by atoms with Crippen LogP contribution in [0.1, 0.15) is 42.0 Å². The highest BCUT2D eigenvalue weighted by Crippen LogP contribution is 2.18. The molecule has 1 aromatic rings. The van der Waals surface area contributed by atoms with E-state index < -0.39 is 0 Å². The fourth-order valence-corrected chi connectivity index (χ4v) is 1.92. The minimum atomic E-state index is -0.293. The molecule has 1 rings (SSSR count). The molecule has 0 unspecified atom stereocenters. The number of unbranched alkanes of at least 4 members (excludes halogenated alkanes) is 1. The van der Waals surface area contributed by atoms with E-state index in [1.807, 2.05) is 26.0 Å². The molecule has 0 heterocycles. The molecule has 3 nitrogen and oxygen atoms in total. The predicted molar refractivity (Wildman–Crippen MR) is 82.2 cm³/mol. The second-order valence-corrected chi connectivity index (χ2v) is 5.07. The Bertz CT molecular complexity index is 565. The first-order valence-corrected chi connectivity index (χ1v) is 6.97. The van der Waals surface area contributed by atoms with Gasteiger partial charge in [0.15, 0.2) is 0 Å². The summed E-state index contributed by atoms with van der Waals surface area (Å²) in [7, 11) is 0. The summed E-state index contributed by atoms with van der Waals surface area (Å²) in [6, 6.07) is 6.08. The summed E-state index contributed by atoms with van der Waals surface area (Å²) in [5.41, 5.74) is 4.53. The minimum absolute atomic E-state index is 0.160. The van der Waals surface area contributed by atoms with Crippen LogP contribution in [-0.4, -0.2) is 12.5 Å². The molecule has 20 heavy (non-hydrogen) atoms. The molecule has 3 heteroatoms. The topological polar surface area (TPSA) is 52.9 Å². The zero-order valence-corrected chi connectivity index (χ0v) is 12.7. The summed E-state index contributed by atoms with van der Waals surface area (Å²) in [6.07, 6.45) is 3.61. The molecule has 1 N–H and O–H groups in total. The van der Waals surface area contributed by atoms with Gasteiger partial charge >= 0.3 is 0 Å². The Labute approximate surface area is 121 Å². The molecule has 0 fully saturated rings. The van der Waals surface area contributed by atoms with Crippen LogP contribution < -0.4 is 5.32 Å². The number of benzene rings is 1. The van der Waals surface area contributed by atoms with Gasteiger partial charge < -0.3 is 5.32 Å².